The lowest BCUT2D eigenvalue weighted by atomic mass is 9.89. The maximum absolute atomic E-state index is 11.9. The molecule has 7 nitrogen and oxygen atoms in total. The monoisotopic (exact) mass is 277 g/mol. The van der Waals surface area contributed by atoms with Crippen molar-refractivity contribution in [2.24, 2.45) is 11.7 Å². The topological polar surface area (TPSA) is 133 Å². The number of rotatable bonds is 5. The lowest BCUT2D eigenvalue weighted by molar-refractivity contribution is -0.229. The van der Waals surface area contributed by atoms with E-state index in [0.29, 0.717) is 0 Å². The van der Waals surface area contributed by atoms with E-state index in [9.17, 15) is 20.1 Å². The van der Waals surface area contributed by atoms with E-state index in [-0.39, 0.29) is 18.1 Å². The number of ketones is 1. The second kappa shape index (κ2) is 6.74. The molecule has 0 saturated carbocycles. The molecule has 1 saturated heterocycles. The lowest BCUT2D eigenvalue weighted by Gasteiger charge is -2.40. The molecule has 0 amide bonds. The van der Waals surface area contributed by atoms with Crippen LogP contribution in [0.5, 0.6) is 0 Å². The summed E-state index contributed by atoms with van der Waals surface area (Å²) in [5, 5.41) is 38.0. The zero-order valence-corrected chi connectivity index (χ0v) is 11.1. The molecule has 19 heavy (non-hydrogen) atoms. The van der Waals surface area contributed by atoms with Crippen LogP contribution in [-0.2, 0) is 9.53 Å². The van der Waals surface area contributed by atoms with Gasteiger partial charge in [-0.15, -0.1) is 0 Å². The van der Waals surface area contributed by atoms with Crippen molar-refractivity contribution in [2.75, 3.05) is 6.61 Å². The summed E-state index contributed by atoms with van der Waals surface area (Å²) in [6.45, 7) is 3.09. The Bertz CT molecular complexity index is 309. The SMILES string of the molecule is CC(C)[C@H](N)C(=O)C[C@@H]1O[C@H](CO)[C@@H](O)[C@H](O)[C@H]1O. The quantitative estimate of drug-likeness (QED) is 0.384. The minimum Gasteiger partial charge on any atom is -0.394 e. The molecule has 7 heteroatoms. The molecule has 1 heterocycles. The fourth-order valence-corrected chi connectivity index (χ4v) is 2.05. The average molecular weight is 277 g/mol. The fraction of sp³-hybridized carbons (Fsp3) is 0.917. The van der Waals surface area contributed by atoms with E-state index in [1.54, 1.807) is 13.8 Å². The Labute approximate surface area is 112 Å². The summed E-state index contributed by atoms with van der Waals surface area (Å²) in [7, 11) is 0. The van der Waals surface area contributed by atoms with Crippen LogP contribution in [-0.4, -0.2) is 69.4 Å². The van der Waals surface area contributed by atoms with Gasteiger partial charge in [0, 0.05) is 6.42 Å². The number of aliphatic hydroxyl groups is 4. The first kappa shape index (κ1) is 16.5. The third-order valence-corrected chi connectivity index (χ3v) is 3.48. The third-order valence-electron chi connectivity index (χ3n) is 3.48. The molecule has 0 aromatic rings. The van der Waals surface area contributed by atoms with Gasteiger partial charge < -0.3 is 30.9 Å². The largest absolute Gasteiger partial charge is 0.394 e. The number of Topliss-reactive ketones (excluding diaryl/α,β-unsaturated/α-hetero) is 1. The van der Waals surface area contributed by atoms with Gasteiger partial charge in [-0.25, -0.2) is 0 Å². The highest BCUT2D eigenvalue weighted by atomic mass is 16.5. The fourth-order valence-electron chi connectivity index (χ4n) is 2.05. The molecule has 1 fully saturated rings. The van der Waals surface area contributed by atoms with Crippen molar-refractivity contribution in [3.05, 3.63) is 0 Å². The molecule has 0 aliphatic carbocycles. The first-order valence-corrected chi connectivity index (χ1v) is 6.38. The normalized spacial score (nSPS) is 37.4. The van der Waals surface area contributed by atoms with E-state index in [1.165, 1.54) is 0 Å². The Hall–Kier alpha value is -0.570. The van der Waals surface area contributed by atoms with E-state index in [4.69, 9.17) is 15.6 Å². The van der Waals surface area contributed by atoms with Crippen molar-refractivity contribution in [1.82, 2.24) is 0 Å². The minimum absolute atomic E-state index is 0.0441. The van der Waals surface area contributed by atoms with E-state index >= 15 is 0 Å². The van der Waals surface area contributed by atoms with E-state index in [2.05, 4.69) is 0 Å². The summed E-state index contributed by atoms with van der Waals surface area (Å²) in [6, 6.07) is -0.674. The predicted molar refractivity (Wildman–Crippen MR) is 66.2 cm³/mol. The third kappa shape index (κ3) is 3.71. The smallest absolute Gasteiger partial charge is 0.152 e. The number of carbonyl (C=O) groups excluding carboxylic acids is 1. The van der Waals surface area contributed by atoms with Crippen LogP contribution in [0.15, 0.2) is 0 Å². The Morgan fingerprint density at radius 2 is 1.68 bits per heavy atom. The van der Waals surface area contributed by atoms with Gasteiger partial charge in [-0.3, -0.25) is 4.79 Å². The van der Waals surface area contributed by atoms with Gasteiger partial charge >= 0.3 is 0 Å². The molecule has 0 unspecified atom stereocenters. The van der Waals surface area contributed by atoms with Crippen LogP contribution in [0.25, 0.3) is 0 Å². The van der Waals surface area contributed by atoms with Crippen molar-refractivity contribution in [2.45, 2.75) is 56.8 Å². The Morgan fingerprint density at radius 3 is 2.16 bits per heavy atom. The van der Waals surface area contributed by atoms with Crippen molar-refractivity contribution >= 4 is 5.78 Å². The number of hydrogen-bond acceptors (Lipinski definition) is 7. The average Bonchev–Trinajstić information content (AvgIpc) is 2.38. The van der Waals surface area contributed by atoms with Gasteiger partial charge in [0.25, 0.3) is 0 Å². The number of ether oxygens (including phenoxy) is 1. The second-order valence-electron chi connectivity index (χ2n) is 5.31. The molecule has 1 rings (SSSR count). The van der Waals surface area contributed by atoms with Crippen LogP contribution < -0.4 is 5.73 Å². The molecule has 0 radical (unpaired) electrons. The highest BCUT2D eigenvalue weighted by molar-refractivity contribution is 5.84. The van der Waals surface area contributed by atoms with Crippen molar-refractivity contribution in [3.63, 3.8) is 0 Å². The molecule has 0 aromatic carbocycles. The zero-order valence-electron chi connectivity index (χ0n) is 11.1. The molecule has 112 valence electrons. The predicted octanol–water partition coefficient (Wildman–Crippen LogP) is -2.23. The maximum Gasteiger partial charge on any atom is 0.152 e. The first-order valence-electron chi connectivity index (χ1n) is 6.38. The van der Waals surface area contributed by atoms with E-state index in [1.807, 2.05) is 0 Å². The number of carbonyl (C=O) groups is 1. The van der Waals surface area contributed by atoms with Gasteiger partial charge in [-0.2, -0.15) is 0 Å². The Morgan fingerprint density at radius 1 is 1.16 bits per heavy atom. The molecule has 0 bridgehead atoms. The summed E-state index contributed by atoms with van der Waals surface area (Å²) >= 11 is 0. The van der Waals surface area contributed by atoms with Gasteiger partial charge in [0.1, 0.15) is 24.4 Å². The molecule has 0 aromatic heterocycles. The van der Waals surface area contributed by atoms with Crippen LogP contribution in [0.3, 0.4) is 0 Å². The van der Waals surface area contributed by atoms with Crippen LogP contribution in [0.4, 0.5) is 0 Å². The zero-order chi connectivity index (χ0) is 14.7. The molecule has 1 aliphatic rings. The molecule has 6 atom stereocenters. The minimum atomic E-state index is -1.46. The molecule has 6 N–H and O–H groups in total. The van der Waals surface area contributed by atoms with Crippen molar-refractivity contribution in [1.29, 1.82) is 0 Å². The van der Waals surface area contributed by atoms with Gasteiger partial charge in [0.2, 0.25) is 0 Å². The summed E-state index contributed by atoms with van der Waals surface area (Å²) in [4.78, 5) is 11.9. The summed E-state index contributed by atoms with van der Waals surface area (Å²) < 4.78 is 5.24. The van der Waals surface area contributed by atoms with Crippen LogP contribution >= 0.6 is 0 Å². The maximum atomic E-state index is 11.9. The van der Waals surface area contributed by atoms with Gasteiger partial charge in [0.05, 0.1) is 18.8 Å². The molecular formula is C12H23NO6. The van der Waals surface area contributed by atoms with Crippen LogP contribution in [0.2, 0.25) is 0 Å². The molecule has 0 spiro atoms. The summed E-state index contributed by atoms with van der Waals surface area (Å²) in [6.07, 6.45) is -6.40. The highest BCUT2D eigenvalue weighted by Crippen LogP contribution is 2.24. The molecular weight excluding hydrogens is 254 g/mol. The first-order chi connectivity index (χ1) is 8.79. The summed E-state index contributed by atoms with van der Waals surface area (Å²) in [5.74, 6) is -0.336. The Kier molecular flexibility index (Phi) is 5.84. The van der Waals surface area contributed by atoms with Crippen LogP contribution in [0.1, 0.15) is 20.3 Å². The number of hydrogen-bond donors (Lipinski definition) is 5. The number of nitrogens with two attached hydrogens (primary N) is 1. The summed E-state index contributed by atoms with van der Waals surface area (Å²) in [5.41, 5.74) is 5.70. The van der Waals surface area contributed by atoms with E-state index < -0.39 is 43.2 Å². The highest BCUT2D eigenvalue weighted by Gasteiger charge is 2.44. The standard InChI is InChI=1S/C12H23NO6/c1-5(2)9(13)6(15)3-7-10(16)12(18)11(17)8(4-14)19-7/h5,7-12,14,16-18H,3-4,13H2,1-2H3/t7-,8+,9-,10-,11+,12+/m0/s1. The lowest BCUT2D eigenvalue weighted by Crippen LogP contribution is -2.59. The second-order valence-corrected chi connectivity index (χ2v) is 5.31. The van der Waals surface area contributed by atoms with Crippen molar-refractivity contribution in [3.8, 4) is 0 Å². The van der Waals surface area contributed by atoms with Crippen molar-refractivity contribution < 1.29 is 30.0 Å². The van der Waals surface area contributed by atoms with Gasteiger partial charge in [0.15, 0.2) is 5.78 Å². The Balaban J connectivity index is 2.69. The van der Waals surface area contributed by atoms with E-state index in [0.717, 1.165) is 0 Å². The number of aliphatic hydroxyl groups excluding tert-OH is 4. The van der Waals surface area contributed by atoms with Gasteiger partial charge in [-0.05, 0) is 5.92 Å². The van der Waals surface area contributed by atoms with Crippen LogP contribution in [0, 0.1) is 5.92 Å². The van der Waals surface area contributed by atoms with Gasteiger partial charge in [-0.1, -0.05) is 13.8 Å². The molecule has 1 aliphatic heterocycles.